The van der Waals surface area contributed by atoms with Crippen molar-refractivity contribution >= 4 is 11.8 Å². The summed E-state index contributed by atoms with van der Waals surface area (Å²) in [6, 6.07) is 0. The summed E-state index contributed by atoms with van der Waals surface area (Å²) in [5.74, 6) is 0.0320. The zero-order chi connectivity index (χ0) is 30.1. The number of rotatable bonds is 28. The van der Waals surface area contributed by atoms with Crippen molar-refractivity contribution in [3.8, 4) is 0 Å². The van der Waals surface area contributed by atoms with Crippen LogP contribution in [-0.2, 0) is 19.1 Å². The molecule has 0 rings (SSSR count). The number of nitrogens with one attached hydrogen (secondary N) is 2. The molecular weight excluding hydrogens is 500 g/mol. The molecule has 0 aliphatic rings. The third-order valence-electron chi connectivity index (χ3n) is 7.48. The Balaban J connectivity index is 5.11. The van der Waals surface area contributed by atoms with E-state index in [2.05, 4.69) is 44.6 Å². The van der Waals surface area contributed by atoms with Gasteiger partial charge in [0.25, 0.3) is 0 Å². The van der Waals surface area contributed by atoms with Crippen molar-refractivity contribution in [2.24, 2.45) is 11.3 Å². The van der Waals surface area contributed by atoms with Gasteiger partial charge in [-0.25, -0.2) is 0 Å². The van der Waals surface area contributed by atoms with Crippen LogP contribution in [-0.4, -0.2) is 51.3 Å². The maximum atomic E-state index is 11.9. The van der Waals surface area contributed by atoms with Crippen molar-refractivity contribution in [2.75, 3.05) is 39.5 Å². The predicted octanol–water partition coefficient (Wildman–Crippen LogP) is 7.92. The standard InChI is InChI=1S/C34H64N2O4/c1-8-10-12-14-16-18-21-34(22-19-17-15-13-11-9-2,27-39-24-20-23-35-32(37)29(3)4)28-40-26-31(7)25-36-33(38)30(5)6/h31H,3,5,8-28H2,1-2,4,6-7H3,(H,35,37)(H,36,38). The predicted molar refractivity (Wildman–Crippen MR) is 169 cm³/mol. The zero-order valence-electron chi connectivity index (χ0n) is 27.0. The van der Waals surface area contributed by atoms with Gasteiger partial charge < -0.3 is 20.1 Å². The quantitative estimate of drug-likeness (QED) is 0.0747. The van der Waals surface area contributed by atoms with Crippen molar-refractivity contribution < 1.29 is 19.1 Å². The lowest BCUT2D eigenvalue weighted by Crippen LogP contribution is -2.35. The maximum Gasteiger partial charge on any atom is 0.246 e. The van der Waals surface area contributed by atoms with Crippen molar-refractivity contribution in [3.05, 3.63) is 24.3 Å². The van der Waals surface area contributed by atoms with Crippen LogP contribution in [0.1, 0.15) is 131 Å². The van der Waals surface area contributed by atoms with Gasteiger partial charge in [-0.05, 0) is 39.0 Å². The number of hydrogen-bond donors (Lipinski definition) is 2. The van der Waals surface area contributed by atoms with Gasteiger partial charge in [-0.1, -0.05) is 111 Å². The minimum absolute atomic E-state index is 0.00284. The summed E-state index contributed by atoms with van der Waals surface area (Å²) in [5, 5.41) is 5.83. The first-order valence-electron chi connectivity index (χ1n) is 16.2. The lowest BCUT2D eigenvalue weighted by Gasteiger charge is -2.34. The van der Waals surface area contributed by atoms with Gasteiger partial charge in [0.2, 0.25) is 11.8 Å². The van der Waals surface area contributed by atoms with E-state index in [9.17, 15) is 9.59 Å². The summed E-state index contributed by atoms with van der Waals surface area (Å²) in [6.07, 6.45) is 18.3. The Morgan fingerprint density at radius 3 is 1.70 bits per heavy atom. The molecule has 0 heterocycles. The highest BCUT2D eigenvalue weighted by molar-refractivity contribution is 5.92. The molecule has 0 aliphatic carbocycles. The van der Waals surface area contributed by atoms with E-state index in [0.717, 1.165) is 19.3 Å². The first kappa shape index (κ1) is 38.3. The fraction of sp³-hybridized carbons (Fsp3) is 0.824. The molecule has 2 N–H and O–H groups in total. The normalized spacial score (nSPS) is 12.2. The number of ether oxygens (including phenoxy) is 2. The number of carbonyl (C=O) groups is 2. The van der Waals surface area contributed by atoms with E-state index in [1.54, 1.807) is 13.8 Å². The minimum atomic E-state index is -0.0971. The van der Waals surface area contributed by atoms with Gasteiger partial charge in [0.1, 0.15) is 0 Å². The Hall–Kier alpha value is -1.66. The lowest BCUT2D eigenvalue weighted by atomic mass is 9.79. The summed E-state index contributed by atoms with van der Waals surface area (Å²) in [7, 11) is 0. The first-order chi connectivity index (χ1) is 19.2. The Bertz CT molecular complexity index is 675. The third kappa shape index (κ3) is 21.1. The Kier molecular flexibility index (Phi) is 24.0. The second-order valence-corrected chi connectivity index (χ2v) is 12.1. The van der Waals surface area contributed by atoms with Crippen LogP contribution in [0.4, 0.5) is 0 Å². The van der Waals surface area contributed by atoms with Gasteiger partial charge in [0, 0.05) is 36.3 Å². The molecule has 6 heteroatoms. The molecule has 6 nitrogen and oxygen atoms in total. The molecule has 1 atom stereocenters. The van der Waals surface area contributed by atoms with Crippen LogP contribution in [0, 0.1) is 11.3 Å². The second kappa shape index (κ2) is 25.1. The van der Waals surface area contributed by atoms with Gasteiger partial charge in [0.05, 0.1) is 19.8 Å². The van der Waals surface area contributed by atoms with Crippen molar-refractivity contribution in [1.29, 1.82) is 0 Å². The molecule has 0 saturated carbocycles. The van der Waals surface area contributed by atoms with Crippen molar-refractivity contribution in [1.82, 2.24) is 10.6 Å². The summed E-state index contributed by atoms with van der Waals surface area (Å²) in [5.41, 5.74) is 1.06. The topological polar surface area (TPSA) is 76.7 Å². The number of hydrogen-bond acceptors (Lipinski definition) is 4. The summed E-state index contributed by atoms with van der Waals surface area (Å²) in [6.45, 7) is 21.3. The molecule has 1 unspecified atom stereocenters. The van der Waals surface area contributed by atoms with Gasteiger partial charge >= 0.3 is 0 Å². The molecule has 234 valence electrons. The fourth-order valence-electron chi connectivity index (χ4n) is 4.79. The molecule has 0 aromatic carbocycles. The zero-order valence-corrected chi connectivity index (χ0v) is 27.0. The van der Waals surface area contributed by atoms with Crippen LogP contribution in [0.3, 0.4) is 0 Å². The second-order valence-electron chi connectivity index (χ2n) is 12.1. The van der Waals surface area contributed by atoms with Gasteiger partial charge in [0.15, 0.2) is 0 Å². The van der Waals surface area contributed by atoms with E-state index in [1.165, 1.54) is 77.0 Å². The lowest BCUT2D eigenvalue weighted by molar-refractivity contribution is -0.118. The first-order valence-corrected chi connectivity index (χ1v) is 16.2. The molecule has 40 heavy (non-hydrogen) atoms. The Morgan fingerprint density at radius 1 is 0.700 bits per heavy atom. The smallest absolute Gasteiger partial charge is 0.246 e. The molecular formula is C34H64N2O4. The van der Waals surface area contributed by atoms with Crippen LogP contribution in [0.5, 0.6) is 0 Å². The number of amides is 2. The number of unbranched alkanes of at least 4 members (excludes halogenated alkanes) is 10. The monoisotopic (exact) mass is 564 g/mol. The Morgan fingerprint density at radius 2 is 1.18 bits per heavy atom. The summed E-state index contributed by atoms with van der Waals surface area (Å²) in [4.78, 5) is 23.6. The maximum absolute atomic E-state index is 11.9. The van der Waals surface area contributed by atoms with Crippen LogP contribution >= 0.6 is 0 Å². The molecule has 0 aromatic heterocycles. The van der Waals surface area contributed by atoms with Crippen molar-refractivity contribution in [3.63, 3.8) is 0 Å². The molecule has 2 amide bonds. The highest BCUT2D eigenvalue weighted by Gasteiger charge is 2.30. The van der Waals surface area contributed by atoms with Gasteiger partial charge in [-0.3, -0.25) is 9.59 Å². The van der Waals surface area contributed by atoms with Crippen LogP contribution in [0.25, 0.3) is 0 Å². The third-order valence-corrected chi connectivity index (χ3v) is 7.48. The van der Waals surface area contributed by atoms with Crippen LogP contribution in [0.2, 0.25) is 0 Å². The number of carbonyl (C=O) groups excluding carboxylic acids is 2. The highest BCUT2D eigenvalue weighted by atomic mass is 16.5. The van der Waals surface area contributed by atoms with E-state index in [1.807, 2.05) is 0 Å². The SMILES string of the molecule is C=C(C)C(=O)NCCCOCC(CCCCCCCC)(CCCCCCCC)COCC(C)CNC(=O)C(=C)C. The van der Waals surface area contributed by atoms with E-state index >= 15 is 0 Å². The average molecular weight is 565 g/mol. The Labute approximate surface area is 247 Å². The highest BCUT2D eigenvalue weighted by Crippen LogP contribution is 2.33. The fourth-order valence-corrected chi connectivity index (χ4v) is 4.79. The van der Waals surface area contributed by atoms with E-state index in [4.69, 9.17) is 9.47 Å². The molecule has 0 bridgehead atoms. The van der Waals surface area contributed by atoms with Gasteiger partial charge in [-0.2, -0.15) is 0 Å². The molecule has 0 saturated heterocycles. The molecule has 0 aromatic rings. The van der Waals surface area contributed by atoms with E-state index in [0.29, 0.717) is 50.7 Å². The van der Waals surface area contributed by atoms with E-state index < -0.39 is 0 Å². The van der Waals surface area contributed by atoms with E-state index in [-0.39, 0.29) is 23.1 Å². The molecule has 0 fully saturated rings. The molecule has 0 aliphatic heterocycles. The van der Waals surface area contributed by atoms with Crippen LogP contribution < -0.4 is 10.6 Å². The van der Waals surface area contributed by atoms with Crippen molar-refractivity contribution in [2.45, 2.75) is 131 Å². The summed E-state index contributed by atoms with van der Waals surface area (Å²) < 4.78 is 12.6. The minimum Gasteiger partial charge on any atom is -0.381 e. The summed E-state index contributed by atoms with van der Waals surface area (Å²) >= 11 is 0. The van der Waals surface area contributed by atoms with Gasteiger partial charge in [-0.15, -0.1) is 0 Å². The van der Waals surface area contributed by atoms with Crippen LogP contribution in [0.15, 0.2) is 24.3 Å². The molecule has 0 spiro atoms. The average Bonchev–Trinajstić information content (AvgIpc) is 2.92. The molecule has 0 radical (unpaired) electrons. The largest absolute Gasteiger partial charge is 0.381 e.